The molecule has 3 heterocycles. The number of halogens is 2. The van der Waals surface area contributed by atoms with Crippen molar-refractivity contribution >= 4 is 45.8 Å². The van der Waals surface area contributed by atoms with Gasteiger partial charge in [0.2, 0.25) is 5.91 Å². The highest BCUT2D eigenvalue weighted by Gasteiger charge is 2.33. The molecule has 0 saturated carbocycles. The highest BCUT2D eigenvalue weighted by molar-refractivity contribution is 6.32. The number of carbonyl (C=O) groups is 2. The molecule has 3 aromatic rings. The number of ketones is 1. The minimum absolute atomic E-state index is 0.0310. The molecule has 1 aliphatic heterocycles. The van der Waals surface area contributed by atoms with Crippen molar-refractivity contribution < 1.29 is 9.59 Å². The zero-order chi connectivity index (χ0) is 27.1. The molecule has 7 nitrogen and oxygen atoms in total. The molecule has 0 spiro atoms. The summed E-state index contributed by atoms with van der Waals surface area (Å²) >= 11 is 13.1. The lowest BCUT2D eigenvalue weighted by Crippen LogP contribution is -2.50. The molecule has 1 aromatic carbocycles. The van der Waals surface area contributed by atoms with Crippen molar-refractivity contribution in [1.82, 2.24) is 24.6 Å². The number of aryl methyl sites for hydroxylation is 2. The average molecular weight is 545 g/mol. The lowest BCUT2D eigenvalue weighted by Gasteiger charge is -2.38. The van der Waals surface area contributed by atoms with Gasteiger partial charge in [-0.1, -0.05) is 64.4 Å². The van der Waals surface area contributed by atoms with Crippen molar-refractivity contribution in [2.45, 2.75) is 65.8 Å². The predicted octanol–water partition coefficient (Wildman–Crippen LogP) is 6.02. The Bertz CT molecular complexity index is 1340. The minimum atomic E-state index is -0.0999. The molecule has 0 bridgehead atoms. The summed E-state index contributed by atoms with van der Waals surface area (Å²) in [5.41, 5.74) is 3.28. The molecular weight excluding hydrogens is 509 g/mol. The number of likely N-dealkylation sites (tertiary alicyclic amines) is 1. The maximum Gasteiger partial charge on any atom is 0.245 e. The number of aromatic nitrogens is 4. The van der Waals surface area contributed by atoms with Crippen LogP contribution < -0.4 is 0 Å². The molecule has 0 atom stereocenters. The molecule has 0 aliphatic carbocycles. The number of fused-ring (bicyclic) bond motifs is 1. The van der Waals surface area contributed by atoms with Crippen LogP contribution in [0.5, 0.6) is 0 Å². The fourth-order valence-corrected chi connectivity index (χ4v) is 5.69. The summed E-state index contributed by atoms with van der Waals surface area (Å²) in [4.78, 5) is 31.3. The second kappa shape index (κ2) is 10.6. The predicted molar refractivity (Wildman–Crippen MR) is 149 cm³/mol. The number of rotatable bonds is 9. The molecule has 198 valence electrons. The number of nitrogens with one attached hydrogen (secondary N) is 1. The molecule has 1 aliphatic rings. The Morgan fingerprint density at radius 1 is 1.22 bits per heavy atom. The first-order valence-electron chi connectivity index (χ1n) is 12.8. The van der Waals surface area contributed by atoms with Gasteiger partial charge in [-0.05, 0) is 41.5 Å². The number of nitrogens with zero attached hydrogens (tertiary/aromatic N) is 4. The van der Waals surface area contributed by atoms with Gasteiger partial charge in [0, 0.05) is 54.5 Å². The summed E-state index contributed by atoms with van der Waals surface area (Å²) < 4.78 is 1.98. The van der Waals surface area contributed by atoms with Crippen LogP contribution >= 0.6 is 23.2 Å². The Morgan fingerprint density at radius 3 is 2.54 bits per heavy atom. The van der Waals surface area contributed by atoms with Crippen molar-refractivity contribution in [2.24, 2.45) is 11.8 Å². The number of aromatic amines is 1. The summed E-state index contributed by atoms with van der Waals surface area (Å²) in [7, 11) is 0. The quantitative estimate of drug-likeness (QED) is 0.264. The number of imidazole rings is 1. The fourth-order valence-electron chi connectivity index (χ4n) is 4.94. The van der Waals surface area contributed by atoms with Gasteiger partial charge in [-0.25, -0.2) is 4.98 Å². The van der Waals surface area contributed by atoms with Gasteiger partial charge in [0.1, 0.15) is 11.5 Å². The van der Waals surface area contributed by atoms with E-state index in [9.17, 15) is 9.59 Å². The third kappa shape index (κ3) is 5.78. The highest BCUT2D eigenvalue weighted by Crippen LogP contribution is 2.34. The van der Waals surface area contributed by atoms with Crippen molar-refractivity contribution in [3.05, 3.63) is 57.7 Å². The Kier molecular flexibility index (Phi) is 7.86. The monoisotopic (exact) mass is 543 g/mol. The van der Waals surface area contributed by atoms with Gasteiger partial charge in [0.15, 0.2) is 10.9 Å². The largest absolute Gasteiger partial charge is 0.338 e. The number of amides is 1. The lowest BCUT2D eigenvalue weighted by atomic mass is 9.86. The Hall–Kier alpha value is -2.64. The first kappa shape index (κ1) is 27.4. The van der Waals surface area contributed by atoms with Crippen molar-refractivity contribution in [1.29, 1.82) is 0 Å². The zero-order valence-electron chi connectivity index (χ0n) is 22.2. The van der Waals surface area contributed by atoms with E-state index < -0.39 is 0 Å². The molecule has 4 rings (SSSR count). The topological polar surface area (TPSA) is 83.9 Å². The van der Waals surface area contributed by atoms with E-state index in [2.05, 4.69) is 62.4 Å². The molecular formula is C28H35Cl2N5O2. The summed E-state index contributed by atoms with van der Waals surface area (Å²) in [6.07, 6.45) is 2.92. The molecule has 1 amide bonds. The fraction of sp³-hybridized carbons (Fsp3) is 0.500. The van der Waals surface area contributed by atoms with Gasteiger partial charge in [-0.3, -0.25) is 14.7 Å². The summed E-state index contributed by atoms with van der Waals surface area (Å²) in [5, 5.41) is 9.63. The number of Topliss-reactive ketones (excluding diaryl/α,β-unsaturated/α-hetero) is 1. The summed E-state index contributed by atoms with van der Waals surface area (Å²) in [6, 6.07) is 4.03. The first-order chi connectivity index (χ1) is 17.4. The van der Waals surface area contributed by atoms with Gasteiger partial charge in [0.25, 0.3) is 0 Å². The second-order valence-corrected chi connectivity index (χ2v) is 12.2. The van der Waals surface area contributed by atoms with Gasteiger partial charge >= 0.3 is 0 Å². The van der Waals surface area contributed by atoms with Crippen LogP contribution in [0.25, 0.3) is 10.9 Å². The SMILES string of the molecule is C=CC(=O)N1CC(CC(=O)c2c(Cl)nc(CCc3[nH]nc4cc(Cl)c(C(C)(C)C)cc34)n2CC(C)C)C1. The van der Waals surface area contributed by atoms with Crippen molar-refractivity contribution in [3.63, 3.8) is 0 Å². The van der Waals surface area contributed by atoms with E-state index in [0.29, 0.717) is 55.5 Å². The molecule has 1 fully saturated rings. The van der Waals surface area contributed by atoms with Gasteiger partial charge in [-0.15, -0.1) is 0 Å². The van der Waals surface area contributed by atoms with Gasteiger partial charge in [0.05, 0.1) is 5.52 Å². The molecule has 1 N–H and O–H groups in total. The maximum atomic E-state index is 13.3. The number of benzene rings is 1. The summed E-state index contributed by atoms with van der Waals surface area (Å²) in [5.74, 6) is 1.09. The van der Waals surface area contributed by atoms with E-state index >= 15 is 0 Å². The molecule has 0 radical (unpaired) electrons. The smallest absolute Gasteiger partial charge is 0.245 e. The first-order valence-corrected chi connectivity index (χ1v) is 13.5. The van der Waals surface area contributed by atoms with E-state index in [4.69, 9.17) is 23.2 Å². The zero-order valence-corrected chi connectivity index (χ0v) is 23.7. The number of hydrogen-bond donors (Lipinski definition) is 1. The van der Waals surface area contributed by atoms with Crippen LogP contribution in [0, 0.1) is 11.8 Å². The van der Waals surface area contributed by atoms with Crippen LogP contribution in [0.2, 0.25) is 10.2 Å². The highest BCUT2D eigenvalue weighted by atomic mass is 35.5. The average Bonchev–Trinajstić information content (AvgIpc) is 3.31. The maximum absolute atomic E-state index is 13.3. The van der Waals surface area contributed by atoms with E-state index in [1.54, 1.807) is 4.90 Å². The van der Waals surface area contributed by atoms with Gasteiger partial charge < -0.3 is 9.47 Å². The van der Waals surface area contributed by atoms with E-state index in [1.165, 1.54) is 6.08 Å². The molecule has 0 unspecified atom stereocenters. The second-order valence-electron chi connectivity index (χ2n) is 11.4. The Labute approximate surface area is 228 Å². The van der Waals surface area contributed by atoms with Crippen molar-refractivity contribution in [2.75, 3.05) is 13.1 Å². The Morgan fingerprint density at radius 2 is 1.92 bits per heavy atom. The van der Waals surface area contributed by atoms with Crippen LogP contribution in [0.4, 0.5) is 0 Å². The number of hydrogen-bond acceptors (Lipinski definition) is 4. The standard InChI is InChI=1S/C28H35Cl2N5O2/c1-7-25(37)34-14-17(15-34)10-23(36)26-27(30)31-24(35(26)13-16(2)3)9-8-21-18-11-19(28(4,5)6)20(29)12-22(18)33-32-21/h7,11-12,16-17H,1,8-10,13-15H2,2-6H3,(H,32,33). The Balaban J connectivity index is 1.55. The van der Waals surface area contributed by atoms with Crippen LogP contribution in [0.3, 0.4) is 0 Å². The number of H-pyrrole nitrogens is 1. The van der Waals surface area contributed by atoms with Crippen LogP contribution in [0.15, 0.2) is 24.8 Å². The van der Waals surface area contributed by atoms with E-state index in [1.807, 2.05) is 10.6 Å². The van der Waals surface area contributed by atoms with E-state index in [0.717, 1.165) is 28.0 Å². The lowest BCUT2D eigenvalue weighted by molar-refractivity contribution is -0.132. The van der Waals surface area contributed by atoms with Crippen LogP contribution in [-0.4, -0.2) is 49.4 Å². The molecule has 1 saturated heterocycles. The van der Waals surface area contributed by atoms with Crippen molar-refractivity contribution in [3.8, 4) is 0 Å². The minimum Gasteiger partial charge on any atom is -0.338 e. The molecule has 37 heavy (non-hydrogen) atoms. The van der Waals surface area contributed by atoms with E-state index in [-0.39, 0.29) is 28.2 Å². The normalized spacial score (nSPS) is 14.4. The molecule has 2 aromatic heterocycles. The van der Waals surface area contributed by atoms with Crippen LogP contribution in [-0.2, 0) is 29.6 Å². The van der Waals surface area contributed by atoms with Gasteiger partial charge in [-0.2, -0.15) is 5.10 Å². The van der Waals surface area contributed by atoms with Crippen LogP contribution in [0.1, 0.15) is 68.6 Å². The summed E-state index contributed by atoms with van der Waals surface area (Å²) in [6.45, 7) is 15.9. The molecule has 9 heteroatoms. The third-order valence-corrected chi connectivity index (χ3v) is 7.44. The third-order valence-electron chi connectivity index (χ3n) is 6.86. The number of carbonyl (C=O) groups excluding carboxylic acids is 2.